The molecule has 2 aromatic carbocycles. The summed E-state index contributed by atoms with van der Waals surface area (Å²) in [5.74, 6) is -0.855. The van der Waals surface area contributed by atoms with Crippen molar-refractivity contribution >= 4 is 38.6 Å². The van der Waals surface area contributed by atoms with E-state index in [0.29, 0.717) is 0 Å². The number of benzene rings is 2. The maximum absolute atomic E-state index is 13.5. The molecular formula is C17H13F4N3O2S2. The lowest BCUT2D eigenvalue weighted by atomic mass is 10.1. The van der Waals surface area contributed by atoms with Crippen LogP contribution in [-0.4, -0.2) is 25.0 Å². The van der Waals surface area contributed by atoms with Crippen LogP contribution in [0.25, 0.3) is 0 Å². The standard InChI is InChI=1S/C17H13F4N3O2S2/c18-10-5-6-15-11(9-10)13(7-8-28(15,25)26)23-24-16(27)22-14-4-2-1-3-12(14)17(19,20)21/h1-6,9H,7-8H2,(H2,22,24,27)/b23-13-. The molecule has 0 aromatic heterocycles. The van der Waals surface area contributed by atoms with E-state index in [0.717, 1.165) is 24.3 Å². The van der Waals surface area contributed by atoms with Gasteiger partial charge in [0.05, 0.1) is 27.6 Å². The number of nitrogens with one attached hydrogen (secondary N) is 2. The van der Waals surface area contributed by atoms with Crippen molar-refractivity contribution in [1.82, 2.24) is 5.43 Å². The van der Waals surface area contributed by atoms with E-state index in [2.05, 4.69) is 15.8 Å². The van der Waals surface area contributed by atoms with Gasteiger partial charge in [-0.15, -0.1) is 0 Å². The lowest BCUT2D eigenvalue weighted by molar-refractivity contribution is -0.136. The molecule has 11 heteroatoms. The molecule has 1 heterocycles. The van der Waals surface area contributed by atoms with E-state index in [1.807, 2.05) is 0 Å². The Kier molecular flexibility index (Phi) is 5.39. The monoisotopic (exact) mass is 431 g/mol. The smallest absolute Gasteiger partial charge is 0.331 e. The summed E-state index contributed by atoms with van der Waals surface area (Å²) in [6.45, 7) is 0. The molecule has 0 spiro atoms. The van der Waals surface area contributed by atoms with Gasteiger partial charge in [-0.05, 0) is 42.5 Å². The Labute approximate surface area is 163 Å². The number of para-hydroxylation sites is 1. The Morgan fingerprint density at radius 2 is 1.86 bits per heavy atom. The van der Waals surface area contributed by atoms with E-state index in [4.69, 9.17) is 12.2 Å². The quantitative estimate of drug-likeness (QED) is 0.328. The SMILES string of the molecule is O=S1(=O)CC/C(=N/NC(=S)Nc2ccccc2C(F)(F)F)c2cc(F)ccc21. The Bertz CT molecular complexity index is 1070. The second-order valence-electron chi connectivity index (χ2n) is 5.88. The zero-order valence-corrected chi connectivity index (χ0v) is 15.7. The van der Waals surface area contributed by atoms with Crippen molar-refractivity contribution in [3.05, 3.63) is 59.4 Å². The largest absolute Gasteiger partial charge is 0.418 e. The highest BCUT2D eigenvalue weighted by Gasteiger charge is 2.33. The third kappa shape index (κ3) is 4.30. The molecule has 0 bridgehead atoms. The number of hydrogen-bond acceptors (Lipinski definition) is 4. The van der Waals surface area contributed by atoms with Crippen molar-refractivity contribution in [2.24, 2.45) is 5.10 Å². The average molecular weight is 431 g/mol. The lowest BCUT2D eigenvalue weighted by Gasteiger charge is -2.19. The van der Waals surface area contributed by atoms with E-state index in [9.17, 15) is 26.0 Å². The predicted molar refractivity (Wildman–Crippen MR) is 100 cm³/mol. The molecule has 1 aliphatic rings. The van der Waals surface area contributed by atoms with Gasteiger partial charge in [-0.2, -0.15) is 18.3 Å². The summed E-state index contributed by atoms with van der Waals surface area (Å²) in [5, 5.41) is 6.15. The fourth-order valence-electron chi connectivity index (χ4n) is 2.70. The van der Waals surface area contributed by atoms with Crippen LogP contribution in [0.15, 0.2) is 52.5 Å². The van der Waals surface area contributed by atoms with Crippen molar-refractivity contribution < 1.29 is 26.0 Å². The second kappa shape index (κ2) is 7.47. The summed E-state index contributed by atoms with van der Waals surface area (Å²) in [4.78, 5) is -0.0537. The van der Waals surface area contributed by atoms with Crippen molar-refractivity contribution in [3.63, 3.8) is 0 Å². The molecule has 5 nitrogen and oxygen atoms in total. The van der Waals surface area contributed by atoms with Gasteiger partial charge in [-0.25, -0.2) is 12.8 Å². The van der Waals surface area contributed by atoms with Crippen LogP contribution in [0.3, 0.4) is 0 Å². The van der Waals surface area contributed by atoms with Crippen LogP contribution in [-0.2, 0) is 16.0 Å². The second-order valence-corrected chi connectivity index (χ2v) is 8.36. The van der Waals surface area contributed by atoms with Gasteiger partial charge in [0.15, 0.2) is 14.9 Å². The Morgan fingerprint density at radius 1 is 1.14 bits per heavy atom. The number of fused-ring (bicyclic) bond motifs is 1. The maximum atomic E-state index is 13.5. The topological polar surface area (TPSA) is 70.6 Å². The van der Waals surface area contributed by atoms with Gasteiger partial charge >= 0.3 is 6.18 Å². The molecule has 0 aliphatic carbocycles. The highest BCUT2D eigenvalue weighted by atomic mass is 32.2. The van der Waals surface area contributed by atoms with Crippen molar-refractivity contribution in [2.45, 2.75) is 17.5 Å². The highest BCUT2D eigenvalue weighted by Crippen LogP contribution is 2.34. The number of thiocarbonyl (C=S) groups is 1. The van der Waals surface area contributed by atoms with Crippen LogP contribution < -0.4 is 10.7 Å². The first-order valence-electron chi connectivity index (χ1n) is 7.90. The summed E-state index contributed by atoms with van der Waals surface area (Å²) in [5.41, 5.74) is 1.56. The molecule has 0 amide bonds. The number of hydrazone groups is 1. The zero-order chi connectivity index (χ0) is 20.5. The minimum absolute atomic E-state index is 0.00748. The number of anilines is 1. The fourth-order valence-corrected chi connectivity index (χ4v) is 4.32. The lowest BCUT2D eigenvalue weighted by Crippen LogP contribution is -2.29. The molecule has 0 atom stereocenters. The fraction of sp³-hybridized carbons (Fsp3) is 0.176. The predicted octanol–water partition coefficient (Wildman–Crippen LogP) is 3.71. The van der Waals surface area contributed by atoms with Crippen molar-refractivity contribution in [3.8, 4) is 0 Å². The molecular weight excluding hydrogens is 418 g/mol. The summed E-state index contributed by atoms with van der Waals surface area (Å²) in [6.07, 6.45) is -4.56. The van der Waals surface area contributed by atoms with Crippen molar-refractivity contribution in [1.29, 1.82) is 0 Å². The summed E-state index contributed by atoms with van der Waals surface area (Å²) in [7, 11) is -3.55. The van der Waals surface area contributed by atoms with Crippen LogP contribution in [0.2, 0.25) is 0 Å². The van der Waals surface area contributed by atoms with Crippen molar-refractivity contribution in [2.75, 3.05) is 11.1 Å². The molecule has 2 N–H and O–H groups in total. The first-order valence-corrected chi connectivity index (χ1v) is 9.96. The van der Waals surface area contributed by atoms with Crippen LogP contribution in [0.4, 0.5) is 23.2 Å². The minimum Gasteiger partial charge on any atom is -0.331 e. The minimum atomic E-state index is -4.57. The molecule has 2 aromatic rings. The van der Waals surface area contributed by atoms with Crippen LogP contribution >= 0.6 is 12.2 Å². The number of hydrogen-bond donors (Lipinski definition) is 2. The van der Waals surface area contributed by atoms with E-state index in [1.165, 1.54) is 18.2 Å². The van der Waals surface area contributed by atoms with E-state index < -0.39 is 27.4 Å². The number of sulfone groups is 1. The molecule has 148 valence electrons. The Balaban J connectivity index is 1.82. The summed E-state index contributed by atoms with van der Waals surface area (Å²) >= 11 is 4.97. The number of rotatable bonds is 2. The molecule has 0 radical (unpaired) electrons. The third-order valence-electron chi connectivity index (χ3n) is 3.97. The van der Waals surface area contributed by atoms with Gasteiger partial charge < -0.3 is 5.32 Å². The van der Waals surface area contributed by atoms with Gasteiger partial charge in [0.1, 0.15) is 5.82 Å². The van der Waals surface area contributed by atoms with Gasteiger partial charge in [0.2, 0.25) is 0 Å². The van der Waals surface area contributed by atoms with E-state index >= 15 is 0 Å². The van der Waals surface area contributed by atoms with Gasteiger partial charge in [-0.1, -0.05) is 12.1 Å². The third-order valence-corrected chi connectivity index (χ3v) is 5.93. The normalized spacial score (nSPS) is 17.1. The zero-order valence-electron chi connectivity index (χ0n) is 14.0. The first-order chi connectivity index (χ1) is 13.1. The van der Waals surface area contributed by atoms with Crippen LogP contribution in [0.1, 0.15) is 17.5 Å². The number of halogens is 4. The van der Waals surface area contributed by atoms with Crippen LogP contribution in [0.5, 0.6) is 0 Å². The molecule has 1 aliphatic heterocycles. The molecule has 0 saturated heterocycles. The maximum Gasteiger partial charge on any atom is 0.418 e. The van der Waals surface area contributed by atoms with Gasteiger partial charge in [0, 0.05) is 12.0 Å². The number of alkyl halides is 3. The summed E-state index contributed by atoms with van der Waals surface area (Å²) in [6, 6.07) is 8.01. The average Bonchev–Trinajstić information content (AvgIpc) is 2.60. The van der Waals surface area contributed by atoms with E-state index in [1.54, 1.807) is 0 Å². The Hall–Kier alpha value is -2.53. The molecule has 3 rings (SSSR count). The molecule has 28 heavy (non-hydrogen) atoms. The highest BCUT2D eigenvalue weighted by molar-refractivity contribution is 7.91. The number of nitrogens with zero attached hydrogens (tertiary/aromatic N) is 1. The molecule has 0 fully saturated rings. The first kappa shape index (κ1) is 20.2. The van der Waals surface area contributed by atoms with Crippen LogP contribution in [0, 0.1) is 5.82 Å². The Morgan fingerprint density at radius 3 is 2.57 bits per heavy atom. The van der Waals surface area contributed by atoms with E-state index in [-0.39, 0.29) is 39.1 Å². The summed E-state index contributed by atoms with van der Waals surface area (Å²) < 4.78 is 76.8. The molecule has 0 saturated carbocycles. The van der Waals surface area contributed by atoms with Gasteiger partial charge in [0.25, 0.3) is 0 Å². The van der Waals surface area contributed by atoms with Gasteiger partial charge in [-0.3, -0.25) is 5.43 Å². The molecule has 0 unspecified atom stereocenters.